The van der Waals surface area contributed by atoms with Gasteiger partial charge in [-0.2, -0.15) is 0 Å². The number of hydrogen-bond acceptors (Lipinski definition) is 4. The molecule has 1 aliphatic heterocycles. The van der Waals surface area contributed by atoms with Crippen LogP contribution in [0.4, 0.5) is 0 Å². The summed E-state index contributed by atoms with van der Waals surface area (Å²) in [5, 5.41) is 4.61. The molecule has 4 nitrogen and oxygen atoms in total. The molecule has 1 aromatic heterocycles. The van der Waals surface area contributed by atoms with Crippen molar-refractivity contribution in [1.82, 2.24) is 15.2 Å². The van der Waals surface area contributed by atoms with Crippen LogP contribution in [0.25, 0.3) is 10.2 Å². The molecular formula is C20H31Cl2N3OS. The highest BCUT2D eigenvalue weighted by atomic mass is 35.5. The first-order chi connectivity index (χ1) is 12.3. The van der Waals surface area contributed by atoms with Gasteiger partial charge in [0.05, 0.1) is 15.2 Å². The molecule has 152 valence electrons. The minimum atomic E-state index is 0. The zero-order chi connectivity index (χ0) is 17.5. The average molecular weight is 432 g/mol. The molecule has 0 unspecified atom stereocenters. The summed E-state index contributed by atoms with van der Waals surface area (Å²) in [4.78, 5) is 19.1. The molecule has 0 saturated carbocycles. The molecule has 2 heterocycles. The van der Waals surface area contributed by atoms with Crippen LogP contribution in [0.5, 0.6) is 0 Å². The molecule has 0 atom stereocenters. The fourth-order valence-electron chi connectivity index (χ4n) is 3.47. The predicted molar refractivity (Wildman–Crippen MR) is 120 cm³/mol. The van der Waals surface area contributed by atoms with Gasteiger partial charge >= 0.3 is 0 Å². The number of halogens is 2. The Morgan fingerprint density at radius 1 is 1.22 bits per heavy atom. The van der Waals surface area contributed by atoms with Gasteiger partial charge in [-0.15, -0.1) is 36.2 Å². The van der Waals surface area contributed by atoms with Crippen LogP contribution in [0.15, 0.2) is 24.3 Å². The lowest BCUT2D eigenvalue weighted by molar-refractivity contribution is -0.132. The van der Waals surface area contributed by atoms with Crippen LogP contribution in [-0.4, -0.2) is 42.0 Å². The second kappa shape index (κ2) is 12.6. The summed E-state index contributed by atoms with van der Waals surface area (Å²) in [6.07, 6.45) is 5.96. The summed E-state index contributed by atoms with van der Waals surface area (Å²) in [6.45, 7) is 6.15. The number of hydrogen-bond donors (Lipinski definition) is 1. The minimum absolute atomic E-state index is 0. The molecule has 0 radical (unpaired) electrons. The van der Waals surface area contributed by atoms with Gasteiger partial charge in [0, 0.05) is 19.5 Å². The first kappa shape index (κ1) is 24.2. The van der Waals surface area contributed by atoms with Gasteiger partial charge < -0.3 is 10.2 Å². The number of carbonyl (C=O) groups excluding carboxylic acids is 1. The summed E-state index contributed by atoms with van der Waals surface area (Å²) in [7, 11) is 0. The monoisotopic (exact) mass is 431 g/mol. The number of nitrogens with one attached hydrogen (secondary N) is 1. The number of thiazole rings is 1. The summed E-state index contributed by atoms with van der Waals surface area (Å²) in [5.74, 6) is 1.08. The van der Waals surface area contributed by atoms with Gasteiger partial charge in [0.2, 0.25) is 5.91 Å². The van der Waals surface area contributed by atoms with Gasteiger partial charge in [-0.1, -0.05) is 19.1 Å². The van der Waals surface area contributed by atoms with E-state index in [2.05, 4.69) is 40.3 Å². The maximum atomic E-state index is 12.4. The number of carbonyl (C=O) groups is 1. The van der Waals surface area contributed by atoms with Crippen LogP contribution in [0.3, 0.4) is 0 Å². The SMILES string of the molecule is CCNCC1CCN(C(=O)CCCCc2nc3ccccc3s2)CC1.Cl.Cl. The number of nitrogens with zero attached hydrogens (tertiary/aromatic N) is 2. The summed E-state index contributed by atoms with van der Waals surface area (Å²) >= 11 is 1.78. The Kier molecular flexibility index (Phi) is 11.2. The molecule has 0 bridgehead atoms. The van der Waals surface area contributed by atoms with Crippen molar-refractivity contribution in [3.05, 3.63) is 29.3 Å². The smallest absolute Gasteiger partial charge is 0.222 e. The van der Waals surface area contributed by atoms with Crippen LogP contribution >= 0.6 is 36.2 Å². The molecule has 0 aliphatic carbocycles. The Morgan fingerprint density at radius 3 is 2.67 bits per heavy atom. The third-order valence-corrected chi connectivity index (χ3v) is 6.12. The number of fused-ring (bicyclic) bond motifs is 1. The quantitative estimate of drug-likeness (QED) is 0.615. The number of aryl methyl sites for hydroxylation is 1. The van der Waals surface area contributed by atoms with Gasteiger partial charge in [-0.25, -0.2) is 4.98 Å². The topological polar surface area (TPSA) is 45.2 Å². The van der Waals surface area contributed by atoms with Crippen molar-refractivity contribution in [1.29, 1.82) is 0 Å². The van der Waals surface area contributed by atoms with Crippen molar-refractivity contribution in [2.75, 3.05) is 26.2 Å². The summed E-state index contributed by atoms with van der Waals surface area (Å²) < 4.78 is 1.26. The predicted octanol–water partition coefficient (Wildman–Crippen LogP) is 4.70. The molecule has 3 rings (SSSR count). The molecule has 0 spiro atoms. The van der Waals surface area contributed by atoms with Crippen molar-refractivity contribution < 1.29 is 4.79 Å². The molecular weight excluding hydrogens is 401 g/mol. The number of unbranched alkanes of at least 4 members (excludes halogenated alkanes) is 1. The third kappa shape index (κ3) is 7.22. The maximum Gasteiger partial charge on any atom is 0.222 e. The van der Waals surface area contributed by atoms with Crippen LogP contribution in [-0.2, 0) is 11.2 Å². The van der Waals surface area contributed by atoms with Crippen molar-refractivity contribution >= 4 is 52.3 Å². The number of benzene rings is 1. The number of amides is 1. The number of rotatable bonds is 8. The van der Waals surface area contributed by atoms with E-state index in [1.165, 1.54) is 9.71 Å². The largest absolute Gasteiger partial charge is 0.343 e. The van der Waals surface area contributed by atoms with Gasteiger partial charge in [-0.3, -0.25) is 4.79 Å². The van der Waals surface area contributed by atoms with E-state index in [9.17, 15) is 4.79 Å². The first-order valence-corrected chi connectivity index (χ1v) is 10.4. The van der Waals surface area contributed by atoms with Crippen LogP contribution < -0.4 is 5.32 Å². The van der Waals surface area contributed by atoms with Crippen LogP contribution in [0.1, 0.15) is 44.0 Å². The van der Waals surface area contributed by atoms with Crippen molar-refractivity contribution in [2.24, 2.45) is 5.92 Å². The Balaban J connectivity index is 0.00000182. The molecule has 27 heavy (non-hydrogen) atoms. The summed E-state index contributed by atoms with van der Waals surface area (Å²) in [6, 6.07) is 8.29. The number of likely N-dealkylation sites (tertiary alicyclic amines) is 1. The van der Waals surface area contributed by atoms with Gasteiger partial charge in [0.1, 0.15) is 0 Å². The first-order valence-electron chi connectivity index (χ1n) is 9.59. The highest BCUT2D eigenvalue weighted by molar-refractivity contribution is 7.18. The van der Waals surface area contributed by atoms with Crippen molar-refractivity contribution in [2.45, 2.75) is 45.4 Å². The van der Waals surface area contributed by atoms with Crippen molar-refractivity contribution in [3.63, 3.8) is 0 Å². The Morgan fingerprint density at radius 2 is 1.96 bits per heavy atom. The fourth-order valence-corrected chi connectivity index (χ4v) is 4.48. The highest BCUT2D eigenvalue weighted by Gasteiger charge is 2.21. The fraction of sp³-hybridized carbons (Fsp3) is 0.600. The number of piperidine rings is 1. The number of aromatic nitrogens is 1. The molecule has 7 heteroatoms. The Bertz CT molecular complexity index is 654. The molecule has 2 aromatic rings. The molecule has 1 saturated heterocycles. The van der Waals surface area contributed by atoms with E-state index in [-0.39, 0.29) is 24.8 Å². The van der Waals surface area contributed by atoms with E-state index in [4.69, 9.17) is 0 Å². The Labute approximate surface area is 178 Å². The third-order valence-electron chi connectivity index (χ3n) is 5.02. The maximum absolute atomic E-state index is 12.4. The molecule has 1 aliphatic rings. The van der Waals surface area contributed by atoms with E-state index in [0.29, 0.717) is 12.3 Å². The van der Waals surface area contributed by atoms with Gasteiger partial charge in [-0.05, 0) is 63.2 Å². The van der Waals surface area contributed by atoms with E-state index in [1.807, 2.05) is 6.07 Å². The standard InChI is InChI=1S/C20H29N3OS.2ClH/c1-2-21-15-16-11-13-23(14-12-16)20(24)10-6-5-9-19-22-17-7-3-4-8-18(17)25-19;;/h3-4,7-8,16,21H,2,5-6,9-15H2,1H3;2*1H. The molecule has 1 N–H and O–H groups in total. The van der Waals surface area contributed by atoms with Gasteiger partial charge in [0.15, 0.2) is 0 Å². The lowest BCUT2D eigenvalue weighted by Gasteiger charge is -2.32. The molecule has 1 aromatic carbocycles. The zero-order valence-corrected chi connectivity index (χ0v) is 18.4. The van der Waals surface area contributed by atoms with E-state index in [0.717, 1.165) is 69.7 Å². The number of para-hydroxylation sites is 1. The lowest BCUT2D eigenvalue weighted by Crippen LogP contribution is -2.40. The second-order valence-electron chi connectivity index (χ2n) is 6.91. The summed E-state index contributed by atoms with van der Waals surface area (Å²) in [5.41, 5.74) is 1.10. The normalized spacial score (nSPS) is 14.6. The Hall–Kier alpha value is -0.880. The van der Waals surface area contributed by atoms with Crippen molar-refractivity contribution in [3.8, 4) is 0 Å². The second-order valence-corrected chi connectivity index (χ2v) is 8.03. The van der Waals surface area contributed by atoms with Gasteiger partial charge in [0.25, 0.3) is 0 Å². The molecule has 1 amide bonds. The average Bonchev–Trinajstić information content (AvgIpc) is 3.06. The molecule has 1 fully saturated rings. The lowest BCUT2D eigenvalue weighted by atomic mass is 9.96. The van der Waals surface area contributed by atoms with Crippen LogP contribution in [0.2, 0.25) is 0 Å². The zero-order valence-electron chi connectivity index (χ0n) is 16.0. The highest BCUT2D eigenvalue weighted by Crippen LogP contribution is 2.23. The van der Waals surface area contributed by atoms with E-state index < -0.39 is 0 Å². The van der Waals surface area contributed by atoms with Crippen LogP contribution in [0, 0.1) is 5.92 Å². The van der Waals surface area contributed by atoms with E-state index >= 15 is 0 Å². The minimum Gasteiger partial charge on any atom is -0.343 e. The van der Waals surface area contributed by atoms with E-state index in [1.54, 1.807) is 11.3 Å².